The zero-order valence-electron chi connectivity index (χ0n) is 13.4. The van der Waals surface area contributed by atoms with Gasteiger partial charge in [-0.15, -0.1) is 11.6 Å². The van der Waals surface area contributed by atoms with Crippen LogP contribution >= 0.6 is 19.3 Å². The number of nitrogens with one attached hydrogen (secondary N) is 1. The van der Waals surface area contributed by atoms with E-state index in [4.69, 9.17) is 26.4 Å². The predicted molar refractivity (Wildman–Crippen MR) is 92.9 cm³/mol. The summed E-state index contributed by atoms with van der Waals surface area (Å²) in [5.41, 5.74) is 7.03. The molecular formula is C14H24ClN4O3P. The molecule has 1 saturated heterocycles. The maximum atomic E-state index is 13.4. The van der Waals surface area contributed by atoms with Crippen molar-refractivity contribution in [1.29, 1.82) is 0 Å². The van der Waals surface area contributed by atoms with E-state index in [1.54, 1.807) is 30.8 Å². The fraction of sp³-hybridized carbons (Fsp3) is 0.643. The standard InChI is InChI=1S/C14H24ClN4O3P/c1-3-21-23(20,22-4-2)19(13-6-8-17-9-12(13)16)14-10-18-7-5-11(14)15/h6,8-9,11,14,18H,3-5,7,10,16H2,1-2H3. The Labute approximate surface area is 142 Å². The van der Waals surface area contributed by atoms with Gasteiger partial charge >= 0.3 is 7.75 Å². The number of nitrogens with two attached hydrogens (primary N) is 1. The lowest BCUT2D eigenvalue weighted by Crippen LogP contribution is -2.51. The molecule has 1 aliphatic heterocycles. The highest BCUT2D eigenvalue weighted by molar-refractivity contribution is 7.55. The van der Waals surface area contributed by atoms with Crippen LogP contribution in [-0.4, -0.2) is 42.7 Å². The van der Waals surface area contributed by atoms with Gasteiger partial charge < -0.3 is 11.1 Å². The van der Waals surface area contributed by atoms with Gasteiger partial charge in [0, 0.05) is 12.7 Å². The molecule has 1 fully saturated rings. The fourth-order valence-corrected chi connectivity index (χ4v) is 5.06. The summed E-state index contributed by atoms with van der Waals surface area (Å²) in [7, 11) is -3.58. The molecule has 0 aliphatic carbocycles. The molecule has 0 spiro atoms. The minimum Gasteiger partial charge on any atom is -0.396 e. The average Bonchev–Trinajstić information content (AvgIpc) is 2.52. The highest BCUT2D eigenvalue weighted by Gasteiger charge is 2.43. The highest BCUT2D eigenvalue weighted by atomic mass is 35.5. The van der Waals surface area contributed by atoms with Crippen molar-refractivity contribution >= 4 is 30.7 Å². The van der Waals surface area contributed by atoms with Crippen LogP contribution in [0, 0.1) is 0 Å². The Bertz CT molecular complexity index is 553. The number of hydrogen-bond acceptors (Lipinski definition) is 6. The number of pyridine rings is 1. The van der Waals surface area contributed by atoms with Gasteiger partial charge in [-0.05, 0) is 32.9 Å². The third-order valence-corrected chi connectivity index (χ3v) is 6.32. The van der Waals surface area contributed by atoms with Gasteiger partial charge in [-0.2, -0.15) is 0 Å². The van der Waals surface area contributed by atoms with E-state index >= 15 is 0 Å². The van der Waals surface area contributed by atoms with Crippen molar-refractivity contribution in [2.45, 2.75) is 31.7 Å². The first kappa shape index (κ1) is 18.5. The quantitative estimate of drug-likeness (QED) is 0.569. The second-order valence-corrected chi connectivity index (χ2v) is 7.60. The molecule has 130 valence electrons. The Morgan fingerprint density at radius 2 is 2.17 bits per heavy atom. The molecule has 9 heteroatoms. The number of anilines is 2. The van der Waals surface area contributed by atoms with Crippen LogP contribution in [0.3, 0.4) is 0 Å². The van der Waals surface area contributed by atoms with Crippen molar-refractivity contribution in [2.24, 2.45) is 0 Å². The molecule has 1 aliphatic rings. The number of alkyl halides is 1. The normalized spacial score (nSPS) is 22.0. The summed E-state index contributed by atoms with van der Waals surface area (Å²) in [5.74, 6) is 0. The van der Waals surface area contributed by atoms with E-state index in [0.29, 0.717) is 17.9 Å². The van der Waals surface area contributed by atoms with Crippen LogP contribution < -0.4 is 15.7 Å². The molecule has 1 aromatic heterocycles. The lowest BCUT2D eigenvalue weighted by Gasteiger charge is -2.41. The molecule has 2 unspecified atom stereocenters. The van der Waals surface area contributed by atoms with Crippen LogP contribution in [0.5, 0.6) is 0 Å². The molecule has 1 aromatic rings. The number of rotatable bonds is 7. The summed E-state index contributed by atoms with van der Waals surface area (Å²) in [4.78, 5) is 3.99. The van der Waals surface area contributed by atoms with E-state index in [2.05, 4.69) is 10.3 Å². The fourth-order valence-electron chi connectivity index (χ4n) is 2.64. The number of nitrogens with zero attached hydrogens (tertiary/aromatic N) is 2. The molecule has 2 heterocycles. The Hall–Kier alpha value is -0.850. The summed E-state index contributed by atoms with van der Waals surface area (Å²) in [6, 6.07) is 1.44. The summed E-state index contributed by atoms with van der Waals surface area (Å²) in [6.45, 7) is 5.45. The van der Waals surface area contributed by atoms with Gasteiger partial charge in [0.05, 0.1) is 42.2 Å². The van der Waals surface area contributed by atoms with Crippen molar-refractivity contribution in [2.75, 3.05) is 36.7 Å². The number of aromatic nitrogens is 1. The first-order valence-electron chi connectivity index (χ1n) is 7.76. The molecule has 0 aromatic carbocycles. The van der Waals surface area contributed by atoms with Crippen molar-refractivity contribution in [3.8, 4) is 0 Å². The molecule has 0 bridgehead atoms. The summed E-state index contributed by atoms with van der Waals surface area (Å²) in [5, 5.41) is 3.08. The highest BCUT2D eigenvalue weighted by Crippen LogP contribution is 2.57. The topological polar surface area (TPSA) is 89.7 Å². The smallest absolute Gasteiger partial charge is 0.396 e. The lowest BCUT2D eigenvalue weighted by molar-refractivity contribution is 0.213. The zero-order chi connectivity index (χ0) is 16.9. The Balaban J connectivity index is 2.50. The van der Waals surface area contributed by atoms with Gasteiger partial charge in [-0.25, -0.2) is 4.57 Å². The Morgan fingerprint density at radius 3 is 2.74 bits per heavy atom. The van der Waals surface area contributed by atoms with Crippen LogP contribution in [0.1, 0.15) is 20.3 Å². The second-order valence-electron chi connectivity index (χ2n) is 5.16. The van der Waals surface area contributed by atoms with E-state index in [0.717, 1.165) is 13.0 Å². The number of halogens is 1. The van der Waals surface area contributed by atoms with Crippen LogP contribution in [0.4, 0.5) is 11.4 Å². The molecule has 0 amide bonds. The van der Waals surface area contributed by atoms with Crippen LogP contribution in [0.25, 0.3) is 0 Å². The minimum atomic E-state index is -3.58. The third-order valence-electron chi connectivity index (χ3n) is 3.61. The Morgan fingerprint density at radius 1 is 1.48 bits per heavy atom. The number of piperidine rings is 1. The maximum Gasteiger partial charge on any atom is 0.435 e. The predicted octanol–water partition coefficient (Wildman–Crippen LogP) is 2.62. The molecule has 23 heavy (non-hydrogen) atoms. The van der Waals surface area contributed by atoms with Gasteiger partial charge in [0.2, 0.25) is 0 Å². The molecule has 7 nitrogen and oxygen atoms in total. The molecular weight excluding hydrogens is 339 g/mol. The third kappa shape index (κ3) is 4.17. The molecule has 0 saturated carbocycles. The Kier molecular flexibility index (Phi) is 6.68. The van der Waals surface area contributed by atoms with Crippen LogP contribution in [0.2, 0.25) is 0 Å². The monoisotopic (exact) mass is 362 g/mol. The van der Waals surface area contributed by atoms with Crippen LogP contribution in [-0.2, 0) is 13.6 Å². The summed E-state index contributed by atoms with van der Waals surface area (Å²) in [6.07, 6.45) is 3.87. The molecule has 2 rings (SSSR count). The molecule has 2 atom stereocenters. The van der Waals surface area contributed by atoms with Gasteiger partial charge in [-0.1, -0.05) is 0 Å². The first-order valence-corrected chi connectivity index (χ1v) is 9.69. The van der Waals surface area contributed by atoms with E-state index in [1.807, 2.05) is 0 Å². The summed E-state index contributed by atoms with van der Waals surface area (Å²) < 4.78 is 26.1. The largest absolute Gasteiger partial charge is 0.435 e. The van der Waals surface area contributed by atoms with Gasteiger partial charge in [0.1, 0.15) is 0 Å². The van der Waals surface area contributed by atoms with E-state index in [-0.39, 0.29) is 24.6 Å². The van der Waals surface area contributed by atoms with E-state index in [9.17, 15) is 4.57 Å². The average molecular weight is 363 g/mol. The van der Waals surface area contributed by atoms with E-state index in [1.165, 1.54) is 6.20 Å². The molecule has 0 radical (unpaired) electrons. The lowest BCUT2D eigenvalue weighted by atomic mass is 10.1. The van der Waals surface area contributed by atoms with Crippen molar-refractivity contribution in [1.82, 2.24) is 10.3 Å². The van der Waals surface area contributed by atoms with E-state index < -0.39 is 7.75 Å². The van der Waals surface area contributed by atoms with Crippen molar-refractivity contribution in [3.05, 3.63) is 18.5 Å². The first-order chi connectivity index (χ1) is 11.0. The van der Waals surface area contributed by atoms with Crippen molar-refractivity contribution < 1.29 is 13.6 Å². The zero-order valence-corrected chi connectivity index (χ0v) is 15.1. The molecule has 3 N–H and O–H groups in total. The van der Waals surface area contributed by atoms with Crippen molar-refractivity contribution in [3.63, 3.8) is 0 Å². The van der Waals surface area contributed by atoms with Gasteiger partial charge in [0.25, 0.3) is 0 Å². The van der Waals surface area contributed by atoms with Crippen LogP contribution in [0.15, 0.2) is 18.5 Å². The van der Waals surface area contributed by atoms with Gasteiger partial charge in [0.15, 0.2) is 0 Å². The number of nitrogen functional groups attached to an aromatic ring is 1. The summed E-state index contributed by atoms with van der Waals surface area (Å²) >= 11 is 6.52. The number of hydrogen-bond donors (Lipinski definition) is 2. The van der Waals surface area contributed by atoms with Gasteiger partial charge in [-0.3, -0.25) is 18.7 Å². The maximum absolute atomic E-state index is 13.4. The minimum absolute atomic E-state index is 0.196. The second kappa shape index (κ2) is 8.31. The SMILES string of the molecule is CCOP(=O)(OCC)N(c1ccncc1N)C1CNCCC1Cl.